The molecule has 8 N–H and O–H groups in total. The number of sulfonamides is 2. The molecule has 4 amide bonds. The highest BCUT2D eigenvalue weighted by Crippen LogP contribution is 2.39. The van der Waals surface area contributed by atoms with Crippen molar-refractivity contribution in [3.05, 3.63) is 56.6 Å². The fourth-order valence-corrected chi connectivity index (χ4v) is 9.31. The van der Waals surface area contributed by atoms with Crippen LogP contribution in [-0.2, 0) is 71.4 Å². The first kappa shape index (κ1) is 35.1. The maximum atomic E-state index is 12.2. The smallest absolute Gasteiger partial charge is 0.330 e. The largest absolute Gasteiger partial charge is 0.332 e. The zero-order valence-electron chi connectivity index (χ0n) is 27.0. The van der Waals surface area contributed by atoms with Gasteiger partial charge in [-0.15, -0.1) is 0 Å². The van der Waals surface area contributed by atoms with Gasteiger partial charge < -0.3 is 22.1 Å². The highest BCUT2D eigenvalue weighted by Gasteiger charge is 2.27. The quantitative estimate of drug-likeness (QED) is 0.193. The standard InChI is InChI=1S/C17H25N3O3S.C16H23N3O3S/c18-9-1-2-10-24(22,23)20-17(21)19-16-14-7-3-5-12(14)11-13-6-4-8-15(13)16;17-8-3-9-23(21,22)19-16(20)18-15-13-6-1-4-11(13)10-12-5-2-7-14(12)15/h11H,1-10,18H2,(H2,19,20,21);10H,1-9,17H2,(H2,18,19,20). The maximum Gasteiger partial charge on any atom is 0.332 e. The number of benzene rings is 2. The second-order valence-corrected chi connectivity index (χ2v) is 16.5. The molecule has 14 heteroatoms. The number of amides is 4. The second-order valence-electron chi connectivity index (χ2n) is 12.9. The molecule has 0 aromatic heterocycles. The molecule has 0 saturated heterocycles. The Kier molecular flexibility index (Phi) is 11.5. The predicted molar refractivity (Wildman–Crippen MR) is 185 cm³/mol. The van der Waals surface area contributed by atoms with Gasteiger partial charge >= 0.3 is 12.1 Å². The molecule has 0 fully saturated rings. The van der Waals surface area contributed by atoms with Crippen molar-refractivity contribution in [3.63, 3.8) is 0 Å². The molecule has 258 valence electrons. The van der Waals surface area contributed by atoms with E-state index in [0.717, 1.165) is 88.4 Å². The summed E-state index contributed by atoms with van der Waals surface area (Å²) in [5.74, 6) is -0.218. The molecule has 12 nitrogen and oxygen atoms in total. The third-order valence-corrected chi connectivity index (χ3v) is 12.0. The normalized spacial score (nSPS) is 16.0. The average Bonchev–Trinajstić information content (AvgIpc) is 3.83. The molecule has 6 rings (SSSR count). The lowest BCUT2D eigenvalue weighted by Crippen LogP contribution is -2.36. The van der Waals surface area contributed by atoms with E-state index in [9.17, 15) is 26.4 Å². The van der Waals surface area contributed by atoms with Crippen molar-refractivity contribution >= 4 is 43.5 Å². The number of hydrogen-bond acceptors (Lipinski definition) is 8. The number of nitrogens with two attached hydrogens (primary N) is 2. The minimum Gasteiger partial charge on any atom is -0.330 e. The fourth-order valence-electron chi connectivity index (χ4n) is 7.31. The summed E-state index contributed by atoms with van der Waals surface area (Å²) in [5.41, 5.74) is 22.3. The number of rotatable bonds is 11. The van der Waals surface area contributed by atoms with Crippen LogP contribution in [0.1, 0.15) is 89.5 Å². The summed E-state index contributed by atoms with van der Waals surface area (Å²) in [4.78, 5) is 24.4. The van der Waals surface area contributed by atoms with Crippen molar-refractivity contribution in [1.29, 1.82) is 0 Å². The van der Waals surface area contributed by atoms with Gasteiger partial charge in [0.2, 0.25) is 20.0 Å². The minimum atomic E-state index is -3.63. The number of fused-ring (bicyclic) bond motifs is 4. The van der Waals surface area contributed by atoms with Crippen molar-refractivity contribution < 1.29 is 26.4 Å². The van der Waals surface area contributed by atoms with E-state index in [2.05, 4.69) is 32.2 Å². The minimum absolute atomic E-state index is 0.0807. The predicted octanol–water partition coefficient (Wildman–Crippen LogP) is 3.32. The van der Waals surface area contributed by atoms with Crippen LogP contribution < -0.4 is 31.5 Å². The van der Waals surface area contributed by atoms with E-state index in [0.29, 0.717) is 25.8 Å². The monoisotopic (exact) mass is 688 g/mol. The lowest BCUT2D eigenvalue weighted by molar-refractivity contribution is 0.255. The fraction of sp³-hybridized carbons (Fsp3) is 0.576. The van der Waals surface area contributed by atoms with Gasteiger partial charge in [-0.1, -0.05) is 12.1 Å². The molecule has 4 aliphatic carbocycles. The lowest BCUT2D eigenvalue weighted by atomic mass is 9.99. The van der Waals surface area contributed by atoms with Crippen LogP contribution in [0, 0.1) is 0 Å². The Morgan fingerprint density at radius 2 is 0.872 bits per heavy atom. The van der Waals surface area contributed by atoms with Gasteiger partial charge in [0, 0.05) is 11.4 Å². The van der Waals surface area contributed by atoms with Crippen LogP contribution in [0.15, 0.2) is 12.1 Å². The van der Waals surface area contributed by atoms with Crippen molar-refractivity contribution in [2.45, 2.75) is 96.3 Å². The van der Waals surface area contributed by atoms with Crippen LogP contribution in [-0.4, -0.2) is 53.5 Å². The molecule has 0 bridgehead atoms. The van der Waals surface area contributed by atoms with Gasteiger partial charge in [0.25, 0.3) is 0 Å². The molecule has 0 aliphatic heterocycles. The van der Waals surface area contributed by atoms with E-state index in [1.165, 1.54) is 44.5 Å². The zero-order valence-corrected chi connectivity index (χ0v) is 28.6. The third-order valence-electron chi connectivity index (χ3n) is 9.40. The van der Waals surface area contributed by atoms with Crippen LogP contribution >= 0.6 is 0 Å². The van der Waals surface area contributed by atoms with E-state index in [1.54, 1.807) is 0 Å². The summed E-state index contributed by atoms with van der Waals surface area (Å²) in [6.45, 7) is 0.728. The molecule has 0 saturated carbocycles. The Morgan fingerprint density at radius 1 is 0.532 bits per heavy atom. The molecule has 0 heterocycles. The first-order valence-electron chi connectivity index (χ1n) is 16.9. The highest BCUT2D eigenvalue weighted by atomic mass is 32.2. The molecule has 0 radical (unpaired) electrons. The molecule has 2 aromatic rings. The Bertz CT molecular complexity index is 1660. The second kappa shape index (κ2) is 15.3. The summed E-state index contributed by atoms with van der Waals surface area (Å²) in [7, 11) is -7.25. The average molecular weight is 689 g/mol. The Morgan fingerprint density at radius 3 is 1.21 bits per heavy atom. The molecular weight excluding hydrogens is 641 g/mol. The number of carbonyl (C=O) groups is 2. The van der Waals surface area contributed by atoms with Crippen molar-refractivity contribution in [1.82, 2.24) is 9.44 Å². The van der Waals surface area contributed by atoms with Crippen LogP contribution in [0.25, 0.3) is 0 Å². The number of hydrogen-bond donors (Lipinski definition) is 6. The summed E-state index contributed by atoms with van der Waals surface area (Å²) in [6, 6.07) is 3.22. The van der Waals surface area contributed by atoms with E-state index in [-0.39, 0.29) is 18.1 Å². The first-order valence-corrected chi connectivity index (χ1v) is 20.2. The zero-order chi connectivity index (χ0) is 33.6. The topological polar surface area (TPSA) is 203 Å². The summed E-state index contributed by atoms with van der Waals surface area (Å²) in [6.07, 6.45) is 13.7. The van der Waals surface area contributed by atoms with Crippen LogP contribution in [0.4, 0.5) is 21.0 Å². The van der Waals surface area contributed by atoms with Gasteiger partial charge in [0.15, 0.2) is 0 Å². The molecule has 0 spiro atoms. The van der Waals surface area contributed by atoms with E-state index in [1.807, 2.05) is 0 Å². The number of aryl methyl sites for hydroxylation is 4. The Balaban J connectivity index is 0.000000185. The number of urea groups is 2. The number of anilines is 2. The van der Waals surface area contributed by atoms with Gasteiger partial charge in [-0.3, -0.25) is 0 Å². The van der Waals surface area contributed by atoms with E-state index >= 15 is 0 Å². The number of carbonyl (C=O) groups excluding carboxylic acids is 2. The van der Waals surface area contributed by atoms with Crippen LogP contribution in [0.3, 0.4) is 0 Å². The SMILES string of the molecule is NCCCCS(=O)(=O)NC(=O)Nc1c2c(cc3c1CCC3)CCC2.NCCCS(=O)(=O)NC(=O)Nc1c2c(cc3c1CCC3)CCC2. The van der Waals surface area contributed by atoms with Crippen molar-refractivity contribution in [2.24, 2.45) is 11.5 Å². The van der Waals surface area contributed by atoms with Crippen LogP contribution in [0.5, 0.6) is 0 Å². The molecular formula is C33H48N6O6S2. The molecule has 0 unspecified atom stereocenters. The van der Waals surface area contributed by atoms with Crippen molar-refractivity contribution in [2.75, 3.05) is 35.2 Å². The Labute approximate surface area is 278 Å². The molecule has 2 aromatic carbocycles. The van der Waals surface area contributed by atoms with Crippen LogP contribution in [0.2, 0.25) is 0 Å². The summed E-state index contributed by atoms with van der Waals surface area (Å²) < 4.78 is 51.8. The van der Waals surface area contributed by atoms with Gasteiger partial charge in [0.1, 0.15) is 0 Å². The van der Waals surface area contributed by atoms with Gasteiger partial charge in [-0.2, -0.15) is 0 Å². The molecule has 47 heavy (non-hydrogen) atoms. The lowest BCUT2D eigenvalue weighted by Gasteiger charge is -2.16. The number of nitrogens with one attached hydrogen (secondary N) is 4. The highest BCUT2D eigenvalue weighted by molar-refractivity contribution is 7.90. The summed E-state index contributed by atoms with van der Waals surface area (Å²) >= 11 is 0. The van der Waals surface area contributed by atoms with Gasteiger partial charge in [-0.25, -0.2) is 35.9 Å². The van der Waals surface area contributed by atoms with Crippen molar-refractivity contribution in [3.8, 4) is 0 Å². The van der Waals surface area contributed by atoms with Gasteiger partial charge in [0.05, 0.1) is 11.5 Å². The third kappa shape index (κ3) is 8.84. The first-order chi connectivity index (χ1) is 22.5. The molecule has 0 atom stereocenters. The maximum absolute atomic E-state index is 12.2. The molecule has 4 aliphatic rings. The Hall–Kier alpha value is -3.20. The van der Waals surface area contributed by atoms with E-state index in [4.69, 9.17) is 11.5 Å². The van der Waals surface area contributed by atoms with Gasteiger partial charge in [-0.05, 0) is 154 Å². The number of unbranched alkanes of at least 4 members (excludes halogenated alkanes) is 1. The van der Waals surface area contributed by atoms with E-state index < -0.39 is 32.1 Å². The summed E-state index contributed by atoms with van der Waals surface area (Å²) in [5, 5.41) is 5.65.